The number of nitrogens with one attached hydrogen (secondary N) is 1. The predicted molar refractivity (Wildman–Crippen MR) is 120 cm³/mol. The second-order valence-electron chi connectivity index (χ2n) is 6.73. The number of rotatable bonds is 4. The van der Waals surface area contributed by atoms with Crippen LogP contribution in [0, 0.1) is 30.7 Å². The molecule has 0 fully saturated rings. The largest absolute Gasteiger partial charge is 0.299 e. The lowest BCUT2D eigenvalue weighted by Crippen LogP contribution is -2.06. The Morgan fingerprint density at radius 1 is 1.20 bits per heavy atom. The molecule has 0 atom stereocenters. The molecule has 2 heterocycles. The molecule has 30 heavy (non-hydrogen) atoms. The van der Waals surface area contributed by atoms with E-state index in [4.69, 9.17) is 11.4 Å². The summed E-state index contributed by atoms with van der Waals surface area (Å²) in [6.07, 6.45) is 5.43. The van der Waals surface area contributed by atoms with E-state index < -0.39 is 0 Å². The van der Waals surface area contributed by atoms with Crippen molar-refractivity contribution in [2.75, 3.05) is 5.32 Å². The Morgan fingerprint density at radius 2 is 2.03 bits per heavy atom. The van der Waals surface area contributed by atoms with Gasteiger partial charge < -0.3 is 0 Å². The molecule has 0 amide bonds. The van der Waals surface area contributed by atoms with Crippen molar-refractivity contribution in [1.29, 1.82) is 5.26 Å². The van der Waals surface area contributed by atoms with E-state index in [9.17, 15) is 10.1 Å². The number of benzene rings is 2. The molecule has 0 aliphatic carbocycles. The first-order valence-electron chi connectivity index (χ1n) is 9.14. The van der Waals surface area contributed by atoms with E-state index in [1.807, 2.05) is 43.3 Å². The van der Waals surface area contributed by atoms with Gasteiger partial charge in [-0.05, 0) is 49.2 Å². The topological polar surface area (TPSA) is 78.7 Å². The van der Waals surface area contributed by atoms with Gasteiger partial charge in [0.15, 0.2) is 5.78 Å². The van der Waals surface area contributed by atoms with E-state index in [0.29, 0.717) is 22.6 Å². The van der Waals surface area contributed by atoms with Gasteiger partial charge in [-0.25, -0.2) is 9.97 Å². The minimum atomic E-state index is -0.144. The molecule has 1 N–H and O–H groups in total. The Bertz CT molecular complexity index is 1390. The summed E-state index contributed by atoms with van der Waals surface area (Å²) in [5.74, 6) is 0.179. The monoisotopic (exact) mass is 408 g/mol. The average molecular weight is 408 g/mol. The molecule has 144 valence electrons. The minimum absolute atomic E-state index is 0.144. The van der Waals surface area contributed by atoms with E-state index in [1.54, 1.807) is 22.9 Å². The molecule has 2 aromatic heterocycles. The molecule has 5 nitrogen and oxygen atoms in total. The average Bonchev–Trinajstić information content (AvgIpc) is 3.21. The third-order valence-corrected chi connectivity index (χ3v) is 5.74. The smallest absolute Gasteiger partial charge is 0.163 e. The van der Waals surface area contributed by atoms with E-state index in [2.05, 4.69) is 22.4 Å². The zero-order valence-corrected chi connectivity index (χ0v) is 17.2. The van der Waals surface area contributed by atoms with E-state index in [1.165, 1.54) is 6.92 Å². The fourth-order valence-electron chi connectivity index (χ4n) is 3.41. The molecule has 0 aliphatic heterocycles. The van der Waals surface area contributed by atoms with Gasteiger partial charge in [0.25, 0.3) is 0 Å². The summed E-state index contributed by atoms with van der Waals surface area (Å²) in [4.78, 5) is 21.4. The molecule has 0 bridgehead atoms. The summed E-state index contributed by atoms with van der Waals surface area (Å²) >= 11 is 1.55. The van der Waals surface area contributed by atoms with Crippen LogP contribution in [0.3, 0.4) is 0 Å². The highest BCUT2D eigenvalue weighted by atomic mass is 32.1. The summed E-state index contributed by atoms with van der Waals surface area (Å²) < 4.78 is 1.04. The van der Waals surface area contributed by atoms with Gasteiger partial charge in [-0.3, -0.25) is 10.1 Å². The standard InChI is InChI=1S/C24H16N4OS/c1-4-26-24-19(15(3)29)11-20(16-8-9-21-22(10-16)30-13-27-21)23(28-24)18-7-5-6-17(12-25)14(18)2/h1,5-11,13H,2-3H3,(H,26,28). The predicted octanol–water partition coefficient (Wildman–Crippen LogP) is 5.41. The number of aromatic nitrogens is 2. The number of nitrogens with zero attached hydrogens (tertiary/aromatic N) is 3. The summed E-state index contributed by atoms with van der Waals surface area (Å²) in [5.41, 5.74) is 7.66. The summed E-state index contributed by atoms with van der Waals surface area (Å²) in [6.45, 7) is 3.37. The van der Waals surface area contributed by atoms with Gasteiger partial charge in [-0.2, -0.15) is 5.26 Å². The highest BCUT2D eigenvalue weighted by Gasteiger charge is 2.19. The van der Waals surface area contributed by atoms with Crippen LogP contribution in [0.15, 0.2) is 48.0 Å². The molecule has 4 rings (SSSR count). The molecule has 2 aromatic carbocycles. The summed E-state index contributed by atoms with van der Waals surface area (Å²) in [5, 5.41) is 12.2. The normalized spacial score (nSPS) is 10.4. The summed E-state index contributed by atoms with van der Waals surface area (Å²) in [7, 11) is 0. The number of pyridine rings is 1. The first kappa shape index (κ1) is 19.3. The van der Waals surface area contributed by atoms with Gasteiger partial charge in [-0.15, -0.1) is 11.3 Å². The molecule has 0 spiro atoms. The highest BCUT2D eigenvalue weighted by molar-refractivity contribution is 7.16. The second kappa shape index (κ2) is 7.79. The number of hydrogen-bond donors (Lipinski definition) is 1. The first-order chi connectivity index (χ1) is 14.5. The first-order valence-corrected chi connectivity index (χ1v) is 10.0. The Hall–Kier alpha value is -4.00. The van der Waals surface area contributed by atoms with Gasteiger partial charge in [0.2, 0.25) is 0 Å². The lowest BCUT2D eigenvalue weighted by atomic mass is 9.93. The van der Waals surface area contributed by atoms with Gasteiger partial charge in [0.1, 0.15) is 5.82 Å². The van der Waals surface area contributed by atoms with Crippen LogP contribution in [0.25, 0.3) is 32.6 Å². The lowest BCUT2D eigenvalue weighted by Gasteiger charge is -2.16. The van der Waals surface area contributed by atoms with Crippen LogP contribution in [0.4, 0.5) is 5.82 Å². The van der Waals surface area contributed by atoms with E-state index >= 15 is 0 Å². The molecular weight excluding hydrogens is 392 g/mol. The van der Waals surface area contributed by atoms with E-state index in [-0.39, 0.29) is 5.78 Å². The van der Waals surface area contributed by atoms with Crippen LogP contribution in [0.1, 0.15) is 28.4 Å². The molecule has 4 aromatic rings. The highest BCUT2D eigenvalue weighted by Crippen LogP contribution is 2.37. The number of terminal acetylenes is 1. The fraction of sp³-hybridized carbons (Fsp3) is 0.0833. The van der Waals surface area contributed by atoms with Gasteiger partial charge in [0.05, 0.1) is 38.6 Å². The SMILES string of the molecule is C#CNc1nc(-c2cccc(C#N)c2C)c(-c2ccc3ncsc3c2)cc1C(C)=O. The van der Waals surface area contributed by atoms with Gasteiger partial charge >= 0.3 is 0 Å². The third-order valence-electron chi connectivity index (χ3n) is 4.94. The molecular formula is C24H16N4OS. The number of fused-ring (bicyclic) bond motifs is 1. The van der Waals surface area contributed by atoms with Crippen molar-refractivity contribution in [3.05, 3.63) is 64.7 Å². The zero-order chi connectivity index (χ0) is 21.3. The maximum absolute atomic E-state index is 12.3. The van der Waals surface area contributed by atoms with Crippen LogP contribution in [0.2, 0.25) is 0 Å². The lowest BCUT2D eigenvalue weighted by molar-refractivity contribution is 0.101. The number of nitriles is 1. The Morgan fingerprint density at radius 3 is 2.77 bits per heavy atom. The number of carbonyl (C=O) groups excluding carboxylic acids is 1. The van der Waals surface area contributed by atoms with Crippen LogP contribution in [-0.4, -0.2) is 15.8 Å². The number of anilines is 1. The third kappa shape index (κ3) is 3.30. The summed E-state index contributed by atoms with van der Waals surface area (Å²) in [6, 6.07) is 17.8. The number of Topliss-reactive ketones (excluding diaryl/α,β-unsaturated/α-hetero) is 1. The molecule has 0 unspecified atom stereocenters. The maximum atomic E-state index is 12.3. The Balaban J connectivity index is 2.07. The molecule has 0 radical (unpaired) electrons. The van der Waals surface area contributed by atoms with Crippen molar-refractivity contribution in [1.82, 2.24) is 9.97 Å². The molecule has 6 heteroatoms. The van der Waals surface area contributed by atoms with Crippen LogP contribution in [0.5, 0.6) is 0 Å². The Labute approximate surface area is 178 Å². The number of thiazole rings is 1. The van der Waals surface area contributed by atoms with Crippen molar-refractivity contribution < 1.29 is 4.79 Å². The van der Waals surface area contributed by atoms with Crippen molar-refractivity contribution in [2.45, 2.75) is 13.8 Å². The van der Waals surface area contributed by atoms with Crippen molar-refractivity contribution in [3.8, 4) is 40.9 Å². The van der Waals surface area contributed by atoms with Crippen LogP contribution < -0.4 is 5.32 Å². The van der Waals surface area contributed by atoms with Crippen molar-refractivity contribution >= 4 is 33.2 Å². The maximum Gasteiger partial charge on any atom is 0.163 e. The number of ketones is 1. The molecule has 0 saturated heterocycles. The number of hydrogen-bond acceptors (Lipinski definition) is 6. The minimum Gasteiger partial charge on any atom is -0.299 e. The van der Waals surface area contributed by atoms with Crippen molar-refractivity contribution in [3.63, 3.8) is 0 Å². The fourth-order valence-corrected chi connectivity index (χ4v) is 4.12. The number of carbonyl (C=O) groups is 1. The van der Waals surface area contributed by atoms with Crippen LogP contribution >= 0.6 is 11.3 Å². The van der Waals surface area contributed by atoms with Crippen LogP contribution in [-0.2, 0) is 0 Å². The van der Waals surface area contributed by atoms with Gasteiger partial charge in [-0.1, -0.05) is 24.6 Å². The second-order valence-corrected chi connectivity index (χ2v) is 7.62. The quantitative estimate of drug-likeness (QED) is 0.277. The Kier molecular flexibility index (Phi) is 5.02. The van der Waals surface area contributed by atoms with Crippen molar-refractivity contribution in [2.24, 2.45) is 0 Å². The molecule has 0 aliphatic rings. The zero-order valence-electron chi connectivity index (χ0n) is 16.4. The molecule has 0 saturated carbocycles. The van der Waals surface area contributed by atoms with Gasteiger partial charge in [0, 0.05) is 17.2 Å². The van der Waals surface area contributed by atoms with E-state index in [0.717, 1.165) is 32.5 Å².